The van der Waals surface area contributed by atoms with Crippen LogP contribution in [0, 0.1) is 0 Å². The molecular weight excluding hydrogens is 313 g/mol. The van der Waals surface area contributed by atoms with Crippen LogP contribution in [-0.4, -0.2) is 21.7 Å². The molecule has 0 unspecified atom stereocenters. The van der Waals surface area contributed by atoms with Gasteiger partial charge < -0.3 is 16.3 Å². The Kier molecular flexibility index (Phi) is 7.94. The molecule has 0 aliphatic carbocycles. The van der Waals surface area contributed by atoms with Crippen molar-refractivity contribution in [2.75, 3.05) is 5.32 Å². The summed E-state index contributed by atoms with van der Waals surface area (Å²) in [5.74, 6) is 0.248. The van der Waals surface area contributed by atoms with Crippen molar-refractivity contribution < 1.29 is 4.79 Å². The third-order valence-electron chi connectivity index (χ3n) is 1.70. The summed E-state index contributed by atoms with van der Waals surface area (Å²) < 4.78 is 0. The molecule has 1 heterocycles. The van der Waals surface area contributed by atoms with Gasteiger partial charge in [0.05, 0.1) is 10.7 Å². The van der Waals surface area contributed by atoms with Crippen LogP contribution in [0.1, 0.15) is 0 Å². The molecule has 102 valence electrons. The molecule has 6 nitrogen and oxygen atoms in total. The number of rotatable bonds is 2. The number of para-hydroxylation sites is 1. The van der Waals surface area contributed by atoms with Gasteiger partial charge in [-0.2, -0.15) is 15.0 Å². The third-order valence-corrected chi connectivity index (χ3v) is 2.37. The van der Waals surface area contributed by atoms with Crippen LogP contribution in [0.4, 0.5) is 11.6 Å². The molecule has 19 heavy (non-hydrogen) atoms. The monoisotopic (exact) mass is 321 g/mol. The summed E-state index contributed by atoms with van der Waals surface area (Å²) in [4.78, 5) is 19.4. The number of hydrogen-bond acceptors (Lipinski definition) is 6. The third kappa shape index (κ3) is 5.35. The molecule has 0 aliphatic rings. The van der Waals surface area contributed by atoms with E-state index in [9.17, 15) is 0 Å². The smallest absolute Gasteiger partial charge is 0.232 e. The van der Waals surface area contributed by atoms with Gasteiger partial charge in [0.15, 0.2) is 0 Å². The number of nitrogens with one attached hydrogen (secondary N) is 1. The fourth-order valence-corrected chi connectivity index (χ4v) is 1.61. The van der Waals surface area contributed by atoms with Gasteiger partial charge in [0.2, 0.25) is 16.5 Å². The number of aromatic nitrogens is 3. The van der Waals surface area contributed by atoms with Crippen molar-refractivity contribution in [3.63, 3.8) is 0 Å². The maximum absolute atomic E-state index is 8.00. The van der Waals surface area contributed by atoms with Crippen LogP contribution in [0.5, 0.6) is 0 Å². The van der Waals surface area contributed by atoms with Gasteiger partial charge in [0.25, 0.3) is 0 Å². The van der Waals surface area contributed by atoms with Gasteiger partial charge in [0, 0.05) is 0 Å². The summed E-state index contributed by atoms with van der Waals surface area (Å²) in [6, 6.07) is 7.18. The second-order valence-corrected chi connectivity index (χ2v) is 3.89. The standard InChI is InChI=1S/C9H5Cl3N4.CH2O.H3N/c10-5-3-1-2-4-6(5)13-9-15-7(11)14-8(12)16-9;1-2;/h1-4H,(H,13,14,15,16);1H2;1H3. The molecule has 1 aromatic heterocycles. The van der Waals surface area contributed by atoms with E-state index in [-0.39, 0.29) is 22.7 Å². The van der Waals surface area contributed by atoms with E-state index in [1.54, 1.807) is 12.1 Å². The molecule has 2 aromatic rings. The molecule has 0 saturated heterocycles. The van der Waals surface area contributed by atoms with Crippen molar-refractivity contribution in [2.45, 2.75) is 0 Å². The minimum Gasteiger partial charge on any atom is -0.344 e. The molecule has 0 amide bonds. The number of carbonyl (C=O) groups is 1. The molecule has 0 fully saturated rings. The molecule has 0 atom stereocenters. The van der Waals surface area contributed by atoms with E-state index in [1.165, 1.54) is 0 Å². The van der Waals surface area contributed by atoms with Gasteiger partial charge in [-0.3, -0.25) is 0 Å². The number of halogens is 3. The summed E-state index contributed by atoms with van der Waals surface area (Å²) >= 11 is 17.2. The van der Waals surface area contributed by atoms with E-state index in [0.717, 1.165) is 0 Å². The molecule has 0 saturated carbocycles. The fraction of sp³-hybridized carbons (Fsp3) is 0. The highest BCUT2D eigenvalue weighted by molar-refractivity contribution is 6.33. The summed E-state index contributed by atoms with van der Waals surface area (Å²) in [6.45, 7) is 2.00. The van der Waals surface area contributed by atoms with Crippen LogP contribution in [0.25, 0.3) is 0 Å². The minimum absolute atomic E-state index is 0. The Hall–Kier alpha value is -1.47. The highest BCUT2D eigenvalue weighted by Crippen LogP contribution is 2.23. The van der Waals surface area contributed by atoms with Crippen molar-refractivity contribution in [3.05, 3.63) is 39.9 Å². The van der Waals surface area contributed by atoms with Gasteiger partial charge in [0.1, 0.15) is 6.79 Å². The molecule has 0 spiro atoms. The summed E-state index contributed by atoms with van der Waals surface area (Å²) in [6.07, 6.45) is 0. The molecule has 2 rings (SSSR count). The zero-order valence-electron chi connectivity index (χ0n) is 9.61. The number of carbonyl (C=O) groups excluding carboxylic acids is 1. The van der Waals surface area contributed by atoms with Crippen LogP contribution in [-0.2, 0) is 4.79 Å². The quantitative estimate of drug-likeness (QED) is 0.876. The van der Waals surface area contributed by atoms with Crippen molar-refractivity contribution in [3.8, 4) is 0 Å². The Morgan fingerprint density at radius 2 is 1.47 bits per heavy atom. The van der Waals surface area contributed by atoms with Crippen LogP contribution >= 0.6 is 34.8 Å². The summed E-state index contributed by atoms with van der Waals surface area (Å²) in [7, 11) is 0. The highest BCUT2D eigenvalue weighted by atomic mass is 35.5. The van der Waals surface area contributed by atoms with Crippen LogP contribution in [0.15, 0.2) is 24.3 Å². The van der Waals surface area contributed by atoms with Crippen molar-refractivity contribution >= 4 is 53.2 Å². The summed E-state index contributed by atoms with van der Waals surface area (Å²) in [5.41, 5.74) is 0.669. The predicted molar refractivity (Wildman–Crippen MR) is 76.7 cm³/mol. The van der Waals surface area contributed by atoms with Crippen LogP contribution in [0.3, 0.4) is 0 Å². The first-order valence-corrected chi connectivity index (χ1v) is 5.66. The first kappa shape index (κ1) is 17.5. The fourth-order valence-electron chi connectivity index (χ4n) is 1.06. The zero-order chi connectivity index (χ0) is 13.5. The average Bonchev–Trinajstić information content (AvgIpc) is 2.33. The predicted octanol–water partition coefficient (Wildman–Crippen LogP) is 3.55. The van der Waals surface area contributed by atoms with Gasteiger partial charge in [-0.15, -0.1) is 0 Å². The second kappa shape index (κ2) is 8.60. The highest BCUT2D eigenvalue weighted by Gasteiger charge is 2.05. The lowest BCUT2D eigenvalue weighted by Gasteiger charge is -2.06. The average molecular weight is 323 g/mol. The Morgan fingerprint density at radius 3 is 2.00 bits per heavy atom. The number of anilines is 2. The van der Waals surface area contributed by atoms with Gasteiger partial charge in [-0.05, 0) is 35.3 Å². The Bertz CT molecular complexity index is 520. The molecule has 0 bridgehead atoms. The molecule has 0 radical (unpaired) electrons. The maximum Gasteiger partial charge on any atom is 0.232 e. The number of nitrogens with zero attached hydrogens (tertiary/aromatic N) is 3. The van der Waals surface area contributed by atoms with E-state index in [0.29, 0.717) is 10.7 Å². The normalized spacial score (nSPS) is 8.79. The molecule has 9 heteroatoms. The van der Waals surface area contributed by atoms with Crippen molar-refractivity contribution in [1.82, 2.24) is 21.1 Å². The van der Waals surface area contributed by atoms with Gasteiger partial charge in [-0.25, -0.2) is 0 Å². The molecule has 0 aliphatic heterocycles. The van der Waals surface area contributed by atoms with Crippen LogP contribution < -0.4 is 11.5 Å². The zero-order valence-corrected chi connectivity index (χ0v) is 11.9. The molecule has 1 aromatic carbocycles. The number of benzene rings is 1. The summed E-state index contributed by atoms with van der Waals surface area (Å²) in [5, 5.41) is 3.49. The first-order valence-electron chi connectivity index (χ1n) is 4.52. The Morgan fingerprint density at radius 1 is 0.947 bits per heavy atom. The molecule has 4 N–H and O–H groups in total. The lowest BCUT2D eigenvalue weighted by atomic mass is 10.3. The van der Waals surface area contributed by atoms with E-state index in [2.05, 4.69) is 20.3 Å². The SMILES string of the molecule is C=O.Clc1nc(Cl)nc(Nc2ccccc2Cl)n1.N. The Balaban J connectivity index is 0.00000103. The van der Waals surface area contributed by atoms with Crippen LogP contribution in [0.2, 0.25) is 15.6 Å². The van der Waals surface area contributed by atoms with Crippen molar-refractivity contribution in [1.29, 1.82) is 0 Å². The minimum atomic E-state index is 0. The van der Waals surface area contributed by atoms with Gasteiger partial charge >= 0.3 is 0 Å². The Labute approximate surface area is 124 Å². The largest absolute Gasteiger partial charge is 0.344 e. The van der Waals surface area contributed by atoms with Crippen molar-refractivity contribution in [2.24, 2.45) is 0 Å². The maximum atomic E-state index is 8.00. The lowest BCUT2D eigenvalue weighted by molar-refractivity contribution is -0.0979. The second-order valence-electron chi connectivity index (χ2n) is 2.80. The van der Waals surface area contributed by atoms with Gasteiger partial charge in [-0.1, -0.05) is 23.7 Å². The van der Waals surface area contributed by atoms with E-state index in [1.807, 2.05) is 18.9 Å². The topological polar surface area (TPSA) is 103 Å². The lowest BCUT2D eigenvalue weighted by Crippen LogP contribution is -1.99. The van der Waals surface area contributed by atoms with E-state index >= 15 is 0 Å². The first-order chi connectivity index (χ1) is 8.65. The molecular formula is C10H10Cl3N5O. The van der Waals surface area contributed by atoms with E-state index in [4.69, 9.17) is 39.6 Å². The number of hydrogen-bond donors (Lipinski definition) is 2. The van der Waals surface area contributed by atoms with E-state index < -0.39 is 0 Å².